The van der Waals surface area contributed by atoms with Gasteiger partial charge in [0, 0.05) is 61.3 Å². The number of H-pyrrole nitrogens is 1. The number of aromatic amines is 1. The number of nitrogens with one attached hydrogen (secondary N) is 1. The van der Waals surface area contributed by atoms with Crippen molar-refractivity contribution in [3.63, 3.8) is 0 Å². The number of benzene rings is 3. The summed E-state index contributed by atoms with van der Waals surface area (Å²) >= 11 is 0. The molecule has 3 aromatic carbocycles. The molecule has 0 radical (unpaired) electrons. The van der Waals surface area contributed by atoms with Crippen LogP contribution in [0.15, 0.2) is 72.9 Å². The zero-order valence-electron chi connectivity index (χ0n) is 22.3. The van der Waals surface area contributed by atoms with Gasteiger partial charge in [-0.25, -0.2) is 0 Å². The molecular formula is C31H29F6N3O. The van der Waals surface area contributed by atoms with Crippen molar-refractivity contribution in [2.24, 2.45) is 0 Å². The summed E-state index contributed by atoms with van der Waals surface area (Å²) in [6.07, 6.45) is -6.49. The summed E-state index contributed by atoms with van der Waals surface area (Å²) in [5, 5.41) is 0.855. The number of aromatic nitrogens is 1. The van der Waals surface area contributed by atoms with E-state index in [-0.39, 0.29) is 25.4 Å². The number of amides is 1. The summed E-state index contributed by atoms with van der Waals surface area (Å²) in [5.41, 5.74) is 2.00. The molecule has 5 rings (SSSR count). The van der Waals surface area contributed by atoms with E-state index in [0.717, 1.165) is 52.7 Å². The molecule has 4 aromatic rings. The van der Waals surface area contributed by atoms with Crippen molar-refractivity contribution in [2.45, 2.75) is 38.0 Å². The molecule has 1 aliphatic rings. The molecule has 1 amide bonds. The number of aryl methyl sites for hydroxylation is 1. The van der Waals surface area contributed by atoms with Crippen LogP contribution in [0.1, 0.15) is 47.1 Å². The molecule has 41 heavy (non-hydrogen) atoms. The van der Waals surface area contributed by atoms with Gasteiger partial charge >= 0.3 is 12.4 Å². The number of alkyl halides is 6. The van der Waals surface area contributed by atoms with Gasteiger partial charge in [0.15, 0.2) is 0 Å². The topological polar surface area (TPSA) is 39.3 Å². The molecule has 0 unspecified atom stereocenters. The van der Waals surface area contributed by atoms with Crippen LogP contribution in [0.2, 0.25) is 0 Å². The maximum absolute atomic E-state index is 13.6. The number of fused-ring (bicyclic) bond motifs is 1. The van der Waals surface area contributed by atoms with Crippen molar-refractivity contribution >= 4 is 22.5 Å². The van der Waals surface area contributed by atoms with Gasteiger partial charge in [0.2, 0.25) is 5.91 Å². The Morgan fingerprint density at radius 3 is 2.15 bits per heavy atom. The highest BCUT2D eigenvalue weighted by atomic mass is 19.4. The third-order valence-corrected chi connectivity index (χ3v) is 7.76. The lowest BCUT2D eigenvalue weighted by molar-refractivity contribution is -0.138. The lowest BCUT2D eigenvalue weighted by Gasteiger charge is -2.37. The second kappa shape index (κ2) is 11.1. The summed E-state index contributed by atoms with van der Waals surface area (Å²) in [4.78, 5) is 20.3. The van der Waals surface area contributed by atoms with Crippen LogP contribution >= 0.6 is 0 Å². The van der Waals surface area contributed by atoms with Crippen molar-refractivity contribution in [1.29, 1.82) is 0 Å². The van der Waals surface area contributed by atoms with Gasteiger partial charge < -0.3 is 14.8 Å². The van der Waals surface area contributed by atoms with Crippen molar-refractivity contribution in [3.05, 3.63) is 101 Å². The molecule has 1 fully saturated rings. The van der Waals surface area contributed by atoms with Gasteiger partial charge in [-0.05, 0) is 47.4 Å². The molecule has 1 N–H and O–H groups in total. The Morgan fingerprint density at radius 2 is 1.49 bits per heavy atom. The number of para-hydroxylation sites is 1. The molecule has 216 valence electrons. The standard InChI is InChI=1S/C31H29F6N3O/c1-2-20-6-4-11-25-27(19-38-29(20)25)26(21-7-3-8-22(16-21)30(32,33)34)18-28(41)40-14-12-39(13-15-40)24-10-5-9-23(17-24)31(35,36)37/h3-11,16-17,19,26,38H,2,12-15,18H2,1H3/t26-/m1/s1. The van der Waals surface area contributed by atoms with Crippen LogP contribution < -0.4 is 4.90 Å². The first-order valence-electron chi connectivity index (χ1n) is 13.4. The highest BCUT2D eigenvalue weighted by molar-refractivity contribution is 5.88. The summed E-state index contributed by atoms with van der Waals surface area (Å²) in [7, 11) is 0. The van der Waals surface area contributed by atoms with E-state index < -0.39 is 29.4 Å². The van der Waals surface area contributed by atoms with E-state index in [0.29, 0.717) is 24.3 Å². The molecule has 1 aromatic heterocycles. The zero-order chi connectivity index (χ0) is 29.4. The van der Waals surface area contributed by atoms with E-state index in [1.807, 2.05) is 25.1 Å². The van der Waals surface area contributed by atoms with Crippen LogP contribution in [-0.4, -0.2) is 42.0 Å². The minimum absolute atomic E-state index is 0.0474. The predicted octanol–water partition coefficient (Wildman–Crippen LogP) is 7.64. The molecule has 2 heterocycles. The lowest BCUT2D eigenvalue weighted by atomic mass is 9.86. The molecule has 10 heteroatoms. The maximum atomic E-state index is 13.6. The second-order valence-electron chi connectivity index (χ2n) is 10.2. The van der Waals surface area contributed by atoms with E-state index in [2.05, 4.69) is 4.98 Å². The molecule has 1 saturated heterocycles. The van der Waals surface area contributed by atoms with Crippen LogP contribution in [0.3, 0.4) is 0 Å². The van der Waals surface area contributed by atoms with E-state index in [1.54, 1.807) is 28.1 Å². The van der Waals surface area contributed by atoms with Crippen molar-refractivity contribution < 1.29 is 31.1 Å². The van der Waals surface area contributed by atoms with Gasteiger partial charge in [-0.3, -0.25) is 4.79 Å². The molecular weight excluding hydrogens is 544 g/mol. The van der Waals surface area contributed by atoms with E-state index >= 15 is 0 Å². The van der Waals surface area contributed by atoms with Gasteiger partial charge in [0.1, 0.15) is 0 Å². The third-order valence-electron chi connectivity index (χ3n) is 7.76. The summed E-state index contributed by atoms with van der Waals surface area (Å²) < 4.78 is 80.3. The minimum Gasteiger partial charge on any atom is -0.368 e. The molecule has 0 saturated carbocycles. The first kappa shape index (κ1) is 28.6. The first-order valence-corrected chi connectivity index (χ1v) is 13.4. The van der Waals surface area contributed by atoms with Gasteiger partial charge in [-0.1, -0.05) is 49.4 Å². The Hall–Kier alpha value is -3.95. The molecule has 0 aliphatic carbocycles. The van der Waals surface area contributed by atoms with Crippen molar-refractivity contribution in [3.8, 4) is 0 Å². The van der Waals surface area contributed by atoms with E-state index in [9.17, 15) is 31.1 Å². The predicted molar refractivity (Wildman–Crippen MR) is 146 cm³/mol. The van der Waals surface area contributed by atoms with Crippen molar-refractivity contribution in [2.75, 3.05) is 31.1 Å². The summed E-state index contributed by atoms with van der Waals surface area (Å²) in [6.45, 7) is 3.28. The van der Waals surface area contributed by atoms with Crippen molar-refractivity contribution in [1.82, 2.24) is 9.88 Å². The highest BCUT2D eigenvalue weighted by Crippen LogP contribution is 2.38. The number of nitrogens with zero attached hydrogens (tertiary/aromatic N) is 2. The average molecular weight is 574 g/mol. The van der Waals surface area contributed by atoms with Crippen LogP contribution in [0.4, 0.5) is 32.0 Å². The Labute approximate surface area is 233 Å². The minimum atomic E-state index is -4.53. The van der Waals surface area contributed by atoms with Gasteiger partial charge in [0.05, 0.1) is 11.1 Å². The van der Waals surface area contributed by atoms with Crippen LogP contribution in [0, 0.1) is 0 Å². The summed E-state index contributed by atoms with van der Waals surface area (Å²) in [6, 6.07) is 16.0. The Balaban J connectivity index is 1.40. The number of piperazine rings is 1. The highest BCUT2D eigenvalue weighted by Gasteiger charge is 2.33. The quantitative estimate of drug-likeness (QED) is 0.241. The Kier molecular flexibility index (Phi) is 7.76. The number of rotatable bonds is 6. The number of hydrogen-bond donors (Lipinski definition) is 1. The van der Waals surface area contributed by atoms with E-state index in [1.165, 1.54) is 12.1 Å². The normalized spacial score (nSPS) is 15.4. The van der Waals surface area contributed by atoms with Crippen LogP contribution in [0.25, 0.3) is 10.9 Å². The third kappa shape index (κ3) is 6.06. The number of carbonyl (C=O) groups is 1. The summed E-state index contributed by atoms with van der Waals surface area (Å²) in [5.74, 6) is -0.857. The fraction of sp³-hybridized carbons (Fsp3) is 0.323. The Bertz CT molecular complexity index is 1530. The molecule has 4 nitrogen and oxygen atoms in total. The monoisotopic (exact) mass is 573 g/mol. The smallest absolute Gasteiger partial charge is 0.368 e. The maximum Gasteiger partial charge on any atom is 0.416 e. The molecule has 0 spiro atoms. The fourth-order valence-electron chi connectivity index (χ4n) is 5.56. The van der Waals surface area contributed by atoms with Crippen LogP contribution in [0.5, 0.6) is 0 Å². The van der Waals surface area contributed by atoms with E-state index in [4.69, 9.17) is 0 Å². The van der Waals surface area contributed by atoms with Gasteiger partial charge in [0.25, 0.3) is 0 Å². The van der Waals surface area contributed by atoms with Gasteiger partial charge in [-0.15, -0.1) is 0 Å². The number of hydrogen-bond acceptors (Lipinski definition) is 2. The molecule has 1 aliphatic heterocycles. The fourth-order valence-corrected chi connectivity index (χ4v) is 5.56. The second-order valence-corrected chi connectivity index (χ2v) is 10.2. The molecule has 1 atom stereocenters. The van der Waals surface area contributed by atoms with Crippen LogP contribution in [-0.2, 0) is 23.6 Å². The number of halogens is 6. The first-order chi connectivity index (χ1) is 19.5. The largest absolute Gasteiger partial charge is 0.416 e. The lowest BCUT2D eigenvalue weighted by Crippen LogP contribution is -2.49. The zero-order valence-corrected chi connectivity index (χ0v) is 22.3. The number of anilines is 1. The SMILES string of the molecule is CCc1cccc2c([C@H](CC(=O)N3CCN(c4cccc(C(F)(F)F)c4)CC3)c3cccc(C(F)(F)F)c3)c[nH]c12. The Morgan fingerprint density at radius 1 is 0.854 bits per heavy atom. The van der Waals surface area contributed by atoms with Gasteiger partial charge in [-0.2, -0.15) is 26.3 Å². The molecule has 0 bridgehead atoms. The average Bonchev–Trinajstić information content (AvgIpc) is 3.39. The number of carbonyl (C=O) groups excluding carboxylic acids is 1.